The molecular formula is C9H10FN3O4S. The van der Waals surface area contributed by atoms with Crippen molar-refractivity contribution in [2.24, 2.45) is 0 Å². The average Bonchev–Trinajstić information content (AvgIpc) is 2.71. The minimum atomic E-state index is -4.72. The van der Waals surface area contributed by atoms with Gasteiger partial charge in [-0.3, -0.25) is 9.69 Å². The van der Waals surface area contributed by atoms with Gasteiger partial charge in [0.2, 0.25) is 11.8 Å². The lowest BCUT2D eigenvalue weighted by Gasteiger charge is -2.14. The first kappa shape index (κ1) is 12.7. The highest BCUT2D eigenvalue weighted by Crippen LogP contribution is 2.24. The Balaban J connectivity index is 2.21. The second-order valence-electron chi connectivity index (χ2n) is 3.72. The number of carbonyl (C=O) groups excluding carboxylic acids is 1. The number of ether oxygens (including phenoxy) is 1. The van der Waals surface area contributed by atoms with Crippen LogP contribution in [0.5, 0.6) is 5.88 Å². The van der Waals surface area contributed by atoms with Crippen LogP contribution in [0.3, 0.4) is 0 Å². The van der Waals surface area contributed by atoms with Crippen LogP contribution in [0, 0.1) is 0 Å². The molecule has 18 heavy (non-hydrogen) atoms. The van der Waals surface area contributed by atoms with Crippen molar-refractivity contribution in [1.29, 1.82) is 0 Å². The van der Waals surface area contributed by atoms with Gasteiger partial charge in [-0.15, -0.1) is 3.89 Å². The standard InChI is InChI=1S/C9H10FN3O4S/c1-17-8-4-11-7(3-12-8)13-5-6(2-9(13)14)18(10,15)16/h3-4,6H,2,5H2,1H3. The smallest absolute Gasteiger partial charge is 0.307 e. The molecule has 1 amide bonds. The third-order valence-electron chi connectivity index (χ3n) is 2.59. The molecule has 1 saturated heterocycles. The molecule has 0 bridgehead atoms. The van der Waals surface area contributed by atoms with Gasteiger partial charge in [0.25, 0.3) is 0 Å². The Morgan fingerprint density at radius 2 is 2.17 bits per heavy atom. The Bertz CT molecular complexity index is 560. The van der Waals surface area contributed by atoms with E-state index in [1.165, 1.54) is 19.5 Å². The summed E-state index contributed by atoms with van der Waals surface area (Å²) in [5.41, 5.74) is 0. The first-order valence-corrected chi connectivity index (χ1v) is 6.46. The first-order chi connectivity index (χ1) is 8.41. The van der Waals surface area contributed by atoms with Crippen molar-refractivity contribution in [1.82, 2.24) is 9.97 Å². The maximum absolute atomic E-state index is 12.8. The highest BCUT2D eigenvalue weighted by Gasteiger charge is 2.39. The summed E-state index contributed by atoms with van der Waals surface area (Å²) in [5, 5.41) is -1.34. The van der Waals surface area contributed by atoms with Crippen molar-refractivity contribution in [3.05, 3.63) is 12.4 Å². The Labute approximate surface area is 103 Å². The van der Waals surface area contributed by atoms with Crippen LogP contribution in [-0.2, 0) is 15.0 Å². The molecule has 1 aromatic rings. The Morgan fingerprint density at radius 3 is 2.61 bits per heavy atom. The summed E-state index contributed by atoms with van der Waals surface area (Å²) < 4.78 is 39.1. The molecule has 2 heterocycles. The van der Waals surface area contributed by atoms with Crippen LogP contribution in [-0.4, -0.2) is 43.2 Å². The highest BCUT2D eigenvalue weighted by atomic mass is 32.3. The second kappa shape index (κ2) is 4.48. The van der Waals surface area contributed by atoms with Gasteiger partial charge in [-0.1, -0.05) is 0 Å². The molecule has 98 valence electrons. The van der Waals surface area contributed by atoms with E-state index in [9.17, 15) is 17.1 Å². The van der Waals surface area contributed by atoms with Crippen LogP contribution >= 0.6 is 0 Å². The van der Waals surface area contributed by atoms with Gasteiger partial charge < -0.3 is 4.74 Å². The number of nitrogens with zero attached hydrogens (tertiary/aromatic N) is 3. The number of hydrogen-bond acceptors (Lipinski definition) is 6. The van der Waals surface area contributed by atoms with Crippen molar-refractivity contribution in [2.75, 3.05) is 18.6 Å². The number of amides is 1. The predicted molar refractivity (Wildman–Crippen MR) is 59.4 cm³/mol. The number of hydrogen-bond donors (Lipinski definition) is 0. The van der Waals surface area contributed by atoms with Crippen LogP contribution < -0.4 is 9.64 Å². The molecule has 1 aliphatic rings. The lowest BCUT2D eigenvalue weighted by atomic mass is 10.4. The van der Waals surface area contributed by atoms with Gasteiger partial charge in [-0.2, -0.15) is 8.42 Å². The van der Waals surface area contributed by atoms with E-state index in [0.29, 0.717) is 0 Å². The largest absolute Gasteiger partial charge is 0.480 e. The van der Waals surface area contributed by atoms with Crippen LogP contribution in [0.15, 0.2) is 12.4 Å². The molecule has 1 aromatic heterocycles. The topological polar surface area (TPSA) is 89.5 Å². The van der Waals surface area contributed by atoms with Crippen molar-refractivity contribution in [2.45, 2.75) is 11.7 Å². The predicted octanol–water partition coefficient (Wildman–Crippen LogP) is -0.110. The molecule has 1 unspecified atom stereocenters. The average molecular weight is 275 g/mol. The first-order valence-electron chi connectivity index (χ1n) is 5.01. The van der Waals surface area contributed by atoms with Crippen LogP contribution in [0.25, 0.3) is 0 Å². The molecule has 2 rings (SSSR count). The van der Waals surface area contributed by atoms with Crippen LogP contribution in [0.2, 0.25) is 0 Å². The lowest BCUT2D eigenvalue weighted by molar-refractivity contribution is -0.117. The van der Waals surface area contributed by atoms with Gasteiger partial charge in [0.05, 0.1) is 19.5 Å². The number of methoxy groups -OCH3 is 1. The fourth-order valence-corrected chi connectivity index (χ4v) is 2.31. The third-order valence-corrected chi connectivity index (χ3v) is 3.70. The zero-order chi connectivity index (χ0) is 13.3. The number of aromatic nitrogens is 2. The summed E-state index contributed by atoms with van der Waals surface area (Å²) in [4.78, 5) is 20.4. The summed E-state index contributed by atoms with van der Waals surface area (Å²) in [6.07, 6.45) is 2.18. The molecule has 0 N–H and O–H groups in total. The lowest BCUT2D eigenvalue weighted by Crippen LogP contribution is -2.27. The maximum Gasteiger partial charge on any atom is 0.307 e. The van der Waals surface area contributed by atoms with Crippen LogP contribution in [0.1, 0.15) is 6.42 Å². The molecule has 1 fully saturated rings. The van der Waals surface area contributed by atoms with E-state index in [1.54, 1.807) is 0 Å². The van der Waals surface area contributed by atoms with Crippen LogP contribution in [0.4, 0.5) is 9.70 Å². The van der Waals surface area contributed by atoms with Gasteiger partial charge in [0, 0.05) is 13.0 Å². The van der Waals surface area contributed by atoms with Crippen molar-refractivity contribution >= 4 is 21.9 Å². The zero-order valence-corrected chi connectivity index (χ0v) is 10.2. The molecular weight excluding hydrogens is 265 g/mol. The molecule has 0 aromatic carbocycles. The van der Waals surface area contributed by atoms with Crippen molar-refractivity contribution < 1.29 is 21.8 Å². The molecule has 0 spiro atoms. The SMILES string of the molecule is COc1cnc(N2CC(S(=O)(=O)F)CC2=O)cn1. The van der Waals surface area contributed by atoms with E-state index in [-0.39, 0.29) is 24.7 Å². The van der Waals surface area contributed by atoms with E-state index in [1.807, 2.05) is 0 Å². The molecule has 0 radical (unpaired) electrons. The summed E-state index contributed by atoms with van der Waals surface area (Å²) in [6.45, 7) is -0.251. The maximum atomic E-state index is 12.8. The summed E-state index contributed by atoms with van der Waals surface area (Å²) in [6, 6.07) is 0. The monoisotopic (exact) mass is 275 g/mol. The minimum absolute atomic E-state index is 0.173. The number of rotatable bonds is 3. The number of halogens is 1. The van der Waals surface area contributed by atoms with E-state index in [4.69, 9.17) is 4.74 Å². The fourth-order valence-electron chi connectivity index (χ4n) is 1.64. The van der Waals surface area contributed by atoms with Gasteiger partial charge in [0.1, 0.15) is 5.25 Å². The van der Waals surface area contributed by atoms with Gasteiger partial charge in [-0.25, -0.2) is 9.97 Å². The quantitative estimate of drug-likeness (QED) is 0.715. The summed E-state index contributed by atoms with van der Waals surface area (Å²) >= 11 is 0. The zero-order valence-electron chi connectivity index (χ0n) is 9.41. The minimum Gasteiger partial charge on any atom is -0.480 e. The van der Waals surface area contributed by atoms with E-state index in [0.717, 1.165) is 4.90 Å². The number of carbonyl (C=O) groups is 1. The number of anilines is 1. The third kappa shape index (κ3) is 2.40. The summed E-state index contributed by atoms with van der Waals surface area (Å²) in [5.74, 6) is -0.0623. The second-order valence-corrected chi connectivity index (χ2v) is 5.34. The van der Waals surface area contributed by atoms with Gasteiger partial charge in [0.15, 0.2) is 5.82 Å². The van der Waals surface area contributed by atoms with Crippen molar-refractivity contribution in [3.63, 3.8) is 0 Å². The summed E-state index contributed by atoms with van der Waals surface area (Å²) in [7, 11) is -3.31. The van der Waals surface area contributed by atoms with Gasteiger partial charge >= 0.3 is 10.2 Å². The Morgan fingerprint density at radius 1 is 1.44 bits per heavy atom. The van der Waals surface area contributed by atoms with E-state index >= 15 is 0 Å². The molecule has 1 atom stereocenters. The van der Waals surface area contributed by atoms with E-state index in [2.05, 4.69) is 9.97 Å². The molecule has 1 aliphatic heterocycles. The molecule has 7 nitrogen and oxygen atoms in total. The van der Waals surface area contributed by atoms with Crippen molar-refractivity contribution in [3.8, 4) is 5.88 Å². The molecule has 9 heteroatoms. The molecule has 0 saturated carbocycles. The Kier molecular flexibility index (Phi) is 3.16. The Hall–Kier alpha value is -1.77. The highest BCUT2D eigenvalue weighted by molar-refractivity contribution is 7.87. The van der Waals surface area contributed by atoms with E-state index < -0.39 is 21.4 Å². The molecule has 0 aliphatic carbocycles. The fraction of sp³-hybridized carbons (Fsp3) is 0.444. The normalized spacial score (nSPS) is 20.2. The van der Waals surface area contributed by atoms with Gasteiger partial charge in [-0.05, 0) is 0 Å².